The van der Waals surface area contributed by atoms with Crippen LogP contribution in [-0.4, -0.2) is 27.7 Å². The van der Waals surface area contributed by atoms with E-state index >= 15 is 0 Å². The van der Waals surface area contributed by atoms with Crippen molar-refractivity contribution >= 4 is 0 Å². The number of unbranched alkanes of at least 4 members (excludes halogenated alkanes) is 8. The molecule has 19 heavy (non-hydrogen) atoms. The van der Waals surface area contributed by atoms with Gasteiger partial charge in [0.15, 0.2) is 0 Å². The van der Waals surface area contributed by atoms with E-state index < -0.39 is 12.4 Å². The molecule has 0 heterocycles. The SMILES string of the molecule is CCCCCCCCCCC=CC=CC(O)(O)CO. The maximum atomic E-state index is 9.07. The molecule has 0 atom stereocenters. The first-order valence-corrected chi connectivity index (χ1v) is 7.52. The molecule has 3 heteroatoms. The highest BCUT2D eigenvalue weighted by atomic mass is 16.5. The molecule has 0 radical (unpaired) electrons. The molecule has 0 amide bonds. The average Bonchev–Trinajstić information content (AvgIpc) is 2.40. The molecule has 0 unspecified atom stereocenters. The summed E-state index contributed by atoms with van der Waals surface area (Å²) < 4.78 is 0. The van der Waals surface area contributed by atoms with Gasteiger partial charge in [-0.3, -0.25) is 0 Å². The van der Waals surface area contributed by atoms with Crippen LogP contribution in [0, 0.1) is 0 Å². The van der Waals surface area contributed by atoms with Crippen LogP contribution in [0.5, 0.6) is 0 Å². The van der Waals surface area contributed by atoms with Gasteiger partial charge in [0.2, 0.25) is 5.79 Å². The Kier molecular flexibility index (Phi) is 12.0. The molecular formula is C16H30O3. The number of aliphatic hydroxyl groups excluding tert-OH is 1. The molecule has 0 aromatic rings. The van der Waals surface area contributed by atoms with Crippen LogP contribution >= 0.6 is 0 Å². The predicted molar refractivity (Wildman–Crippen MR) is 79.8 cm³/mol. The van der Waals surface area contributed by atoms with E-state index in [1.807, 2.05) is 6.08 Å². The number of hydrogen-bond donors (Lipinski definition) is 3. The standard InChI is InChI=1S/C16H30O3/c1-2-3-4-5-6-7-8-9-10-11-12-13-14-16(18,19)15-17/h11-14,17-19H,2-10,15H2,1H3. The van der Waals surface area contributed by atoms with Crippen molar-refractivity contribution in [2.45, 2.75) is 70.5 Å². The molecule has 0 spiro atoms. The summed E-state index contributed by atoms with van der Waals surface area (Å²) in [4.78, 5) is 0. The van der Waals surface area contributed by atoms with E-state index in [1.54, 1.807) is 12.2 Å². The number of rotatable bonds is 12. The number of allylic oxidation sites excluding steroid dienone is 3. The Morgan fingerprint density at radius 2 is 1.42 bits per heavy atom. The minimum absolute atomic E-state index is 0.685. The van der Waals surface area contributed by atoms with Crippen LogP contribution in [0.4, 0.5) is 0 Å². The fourth-order valence-electron chi connectivity index (χ4n) is 1.83. The summed E-state index contributed by atoms with van der Waals surface area (Å²) >= 11 is 0. The lowest BCUT2D eigenvalue weighted by molar-refractivity contribution is -0.146. The van der Waals surface area contributed by atoms with Crippen LogP contribution in [0.1, 0.15) is 64.7 Å². The molecule has 0 bridgehead atoms. The molecule has 0 aliphatic carbocycles. The first-order chi connectivity index (χ1) is 9.12. The second-order valence-electron chi connectivity index (χ2n) is 5.09. The van der Waals surface area contributed by atoms with Gasteiger partial charge in [-0.2, -0.15) is 0 Å². The molecule has 0 aliphatic rings. The van der Waals surface area contributed by atoms with Crippen LogP contribution in [0.15, 0.2) is 24.3 Å². The van der Waals surface area contributed by atoms with Crippen LogP contribution in [-0.2, 0) is 0 Å². The monoisotopic (exact) mass is 270 g/mol. The largest absolute Gasteiger partial charge is 0.390 e. The van der Waals surface area contributed by atoms with E-state index in [0.29, 0.717) is 0 Å². The van der Waals surface area contributed by atoms with Gasteiger partial charge < -0.3 is 15.3 Å². The Morgan fingerprint density at radius 1 is 0.842 bits per heavy atom. The molecule has 0 aromatic carbocycles. The first kappa shape index (κ1) is 18.4. The fourth-order valence-corrected chi connectivity index (χ4v) is 1.83. The second kappa shape index (κ2) is 12.4. The van der Waals surface area contributed by atoms with E-state index in [9.17, 15) is 0 Å². The minimum Gasteiger partial charge on any atom is -0.390 e. The van der Waals surface area contributed by atoms with Crippen molar-refractivity contribution in [2.75, 3.05) is 6.61 Å². The summed E-state index contributed by atoms with van der Waals surface area (Å²) in [7, 11) is 0. The van der Waals surface area contributed by atoms with Gasteiger partial charge in [0.1, 0.15) is 6.61 Å². The maximum Gasteiger partial charge on any atom is 0.207 e. The van der Waals surface area contributed by atoms with Crippen LogP contribution in [0.25, 0.3) is 0 Å². The summed E-state index contributed by atoms with van der Waals surface area (Å²) in [6, 6.07) is 0. The lowest BCUT2D eigenvalue weighted by atomic mass is 10.1. The quantitative estimate of drug-likeness (QED) is 0.290. The third-order valence-electron chi connectivity index (χ3n) is 3.07. The average molecular weight is 270 g/mol. The summed E-state index contributed by atoms with van der Waals surface area (Å²) in [5.74, 6) is -2.09. The van der Waals surface area contributed by atoms with Gasteiger partial charge in [-0.05, 0) is 18.9 Å². The molecule has 0 aliphatic heterocycles. The molecule has 0 saturated carbocycles. The van der Waals surface area contributed by atoms with Crippen molar-refractivity contribution in [3.8, 4) is 0 Å². The van der Waals surface area contributed by atoms with Gasteiger partial charge in [-0.15, -0.1) is 0 Å². The van der Waals surface area contributed by atoms with Crippen molar-refractivity contribution in [1.29, 1.82) is 0 Å². The van der Waals surface area contributed by atoms with E-state index in [-0.39, 0.29) is 0 Å². The first-order valence-electron chi connectivity index (χ1n) is 7.52. The maximum absolute atomic E-state index is 9.07. The second-order valence-corrected chi connectivity index (χ2v) is 5.09. The van der Waals surface area contributed by atoms with Gasteiger partial charge in [-0.1, -0.05) is 70.1 Å². The predicted octanol–water partition coefficient (Wildman–Crippen LogP) is 3.30. The van der Waals surface area contributed by atoms with Crippen molar-refractivity contribution in [3.63, 3.8) is 0 Å². The summed E-state index contributed by atoms with van der Waals surface area (Å²) in [5.41, 5.74) is 0. The topological polar surface area (TPSA) is 60.7 Å². The molecular weight excluding hydrogens is 240 g/mol. The Bertz CT molecular complexity index is 244. The van der Waals surface area contributed by atoms with Crippen LogP contribution in [0.2, 0.25) is 0 Å². The highest BCUT2D eigenvalue weighted by Crippen LogP contribution is 2.09. The highest BCUT2D eigenvalue weighted by Gasteiger charge is 2.15. The molecule has 0 rings (SSSR count). The van der Waals surface area contributed by atoms with E-state index in [1.165, 1.54) is 57.4 Å². The third-order valence-corrected chi connectivity index (χ3v) is 3.07. The highest BCUT2D eigenvalue weighted by molar-refractivity contribution is 5.06. The zero-order valence-electron chi connectivity index (χ0n) is 12.2. The molecule has 0 fully saturated rings. The summed E-state index contributed by atoms with van der Waals surface area (Å²) in [5, 5.41) is 26.7. The normalized spacial score (nSPS) is 12.8. The molecule has 3 nitrogen and oxygen atoms in total. The third kappa shape index (κ3) is 13.6. The van der Waals surface area contributed by atoms with Crippen molar-refractivity contribution < 1.29 is 15.3 Å². The van der Waals surface area contributed by atoms with Gasteiger partial charge >= 0.3 is 0 Å². The van der Waals surface area contributed by atoms with E-state index in [4.69, 9.17) is 15.3 Å². The summed E-state index contributed by atoms with van der Waals surface area (Å²) in [6.45, 7) is 1.55. The van der Waals surface area contributed by atoms with Crippen molar-refractivity contribution in [2.24, 2.45) is 0 Å². The Morgan fingerprint density at radius 3 is 2.00 bits per heavy atom. The zero-order chi connectivity index (χ0) is 14.4. The van der Waals surface area contributed by atoms with E-state index in [0.717, 1.165) is 6.42 Å². The fraction of sp³-hybridized carbons (Fsp3) is 0.750. The number of hydrogen-bond acceptors (Lipinski definition) is 3. The molecule has 0 saturated heterocycles. The van der Waals surface area contributed by atoms with E-state index in [2.05, 4.69) is 6.92 Å². The lowest BCUT2D eigenvalue weighted by Gasteiger charge is -2.11. The smallest absolute Gasteiger partial charge is 0.207 e. The lowest BCUT2D eigenvalue weighted by Crippen LogP contribution is -2.29. The van der Waals surface area contributed by atoms with Crippen molar-refractivity contribution in [3.05, 3.63) is 24.3 Å². The molecule has 3 N–H and O–H groups in total. The van der Waals surface area contributed by atoms with Gasteiger partial charge in [0.05, 0.1) is 0 Å². The summed E-state index contributed by atoms with van der Waals surface area (Å²) in [6.07, 6.45) is 18.1. The molecule has 0 aromatic heterocycles. The van der Waals surface area contributed by atoms with Crippen LogP contribution < -0.4 is 0 Å². The van der Waals surface area contributed by atoms with Gasteiger partial charge in [0, 0.05) is 0 Å². The zero-order valence-corrected chi connectivity index (χ0v) is 12.2. The van der Waals surface area contributed by atoms with Crippen molar-refractivity contribution in [1.82, 2.24) is 0 Å². The van der Waals surface area contributed by atoms with Gasteiger partial charge in [0.25, 0.3) is 0 Å². The van der Waals surface area contributed by atoms with Crippen LogP contribution in [0.3, 0.4) is 0 Å². The van der Waals surface area contributed by atoms with Gasteiger partial charge in [-0.25, -0.2) is 0 Å². The Balaban J connectivity index is 3.35. The Hall–Kier alpha value is -0.640. The minimum atomic E-state index is -2.09. The molecule has 112 valence electrons. The Labute approximate surface area is 117 Å². The number of aliphatic hydroxyl groups is 3.